The van der Waals surface area contributed by atoms with Gasteiger partial charge in [-0.15, -0.1) is 5.10 Å². The first-order chi connectivity index (χ1) is 8.95. The molecule has 0 saturated carbocycles. The van der Waals surface area contributed by atoms with E-state index in [0.29, 0.717) is 24.6 Å². The van der Waals surface area contributed by atoms with Crippen LogP contribution in [0.2, 0.25) is 0 Å². The van der Waals surface area contributed by atoms with Crippen molar-refractivity contribution < 1.29 is 14.7 Å². The van der Waals surface area contributed by atoms with Crippen LogP contribution >= 0.6 is 0 Å². The van der Waals surface area contributed by atoms with Crippen LogP contribution < -0.4 is 5.32 Å². The molecule has 0 saturated heterocycles. The normalized spacial score (nSPS) is 10.7. The molecule has 0 fully saturated rings. The van der Waals surface area contributed by atoms with Crippen LogP contribution in [0.4, 0.5) is 0 Å². The van der Waals surface area contributed by atoms with Crippen LogP contribution in [0.3, 0.4) is 0 Å². The zero-order chi connectivity index (χ0) is 14.4. The molecule has 1 amide bonds. The molecule has 0 atom stereocenters. The van der Waals surface area contributed by atoms with Crippen molar-refractivity contribution in [2.24, 2.45) is 5.92 Å². The Kier molecular flexibility index (Phi) is 5.47. The van der Waals surface area contributed by atoms with Gasteiger partial charge in [0.25, 0.3) is 0 Å². The number of carboxylic acids is 1. The highest BCUT2D eigenvalue weighted by atomic mass is 16.4. The van der Waals surface area contributed by atoms with Gasteiger partial charge >= 0.3 is 5.97 Å². The minimum Gasteiger partial charge on any atom is -0.476 e. The summed E-state index contributed by atoms with van der Waals surface area (Å²) in [5.41, 5.74) is 0.424. The van der Waals surface area contributed by atoms with Crippen molar-refractivity contribution >= 4 is 11.9 Å². The van der Waals surface area contributed by atoms with E-state index in [2.05, 4.69) is 15.6 Å². The van der Waals surface area contributed by atoms with Crippen LogP contribution in [0.1, 0.15) is 43.4 Å². The molecule has 0 radical (unpaired) electrons. The van der Waals surface area contributed by atoms with Gasteiger partial charge in [-0.05, 0) is 12.3 Å². The lowest BCUT2D eigenvalue weighted by molar-refractivity contribution is -0.122. The van der Waals surface area contributed by atoms with Gasteiger partial charge in [0.1, 0.15) is 6.54 Å². The number of nitrogens with zero attached hydrogens (tertiary/aromatic N) is 3. The van der Waals surface area contributed by atoms with Gasteiger partial charge in [0, 0.05) is 6.54 Å². The SMILES string of the molecule is CCCc1c(C(=O)O)nnn1CC(=O)NCC(C)C. The fraction of sp³-hybridized carbons (Fsp3) is 0.667. The summed E-state index contributed by atoms with van der Waals surface area (Å²) in [6, 6.07) is 0. The molecule has 1 aromatic rings. The molecule has 2 N–H and O–H groups in total. The Hall–Kier alpha value is -1.92. The molecule has 0 aliphatic rings. The lowest BCUT2D eigenvalue weighted by Crippen LogP contribution is -2.31. The molecule has 1 heterocycles. The first kappa shape index (κ1) is 15.1. The fourth-order valence-electron chi connectivity index (χ4n) is 1.62. The van der Waals surface area contributed by atoms with Gasteiger partial charge in [0.2, 0.25) is 5.91 Å². The fourth-order valence-corrected chi connectivity index (χ4v) is 1.62. The zero-order valence-corrected chi connectivity index (χ0v) is 11.5. The molecular weight excluding hydrogens is 248 g/mol. The topological polar surface area (TPSA) is 97.1 Å². The molecule has 1 rings (SSSR count). The van der Waals surface area contributed by atoms with Crippen molar-refractivity contribution in [1.29, 1.82) is 0 Å². The van der Waals surface area contributed by atoms with E-state index in [1.165, 1.54) is 4.68 Å². The minimum atomic E-state index is -1.11. The highest BCUT2D eigenvalue weighted by Gasteiger charge is 2.19. The van der Waals surface area contributed by atoms with Gasteiger partial charge in [-0.25, -0.2) is 9.48 Å². The maximum atomic E-state index is 11.7. The molecule has 0 unspecified atom stereocenters. The quantitative estimate of drug-likeness (QED) is 0.758. The monoisotopic (exact) mass is 268 g/mol. The second kappa shape index (κ2) is 6.86. The predicted octanol–water partition coefficient (Wildman–Crippen LogP) is 0.701. The minimum absolute atomic E-state index is 0.00231. The van der Waals surface area contributed by atoms with E-state index in [9.17, 15) is 9.59 Å². The third-order valence-electron chi connectivity index (χ3n) is 2.53. The number of rotatable bonds is 7. The second-order valence-corrected chi connectivity index (χ2v) is 4.80. The molecule has 0 aromatic carbocycles. The van der Waals surface area contributed by atoms with E-state index in [1.54, 1.807) is 0 Å². The van der Waals surface area contributed by atoms with Gasteiger partial charge in [-0.2, -0.15) is 0 Å². The highest BCUT2D eigenvalue weighted by molar-refractivity contribution is 5.86. The van der Waals surface area contributed by atoms with E-state index < -0.39 is 5.97 Å². The summed E-state index contributed by atoms with van der Waals surface area (Å²) in [7, 11) is 0. The number of aromatic nitrogens is 3. The molecule has 0 bridgehead atoms. The third kappa shape index (κ3) is 4.35. The first-order valence-corrected chi connectivity index (χ1v) is 6.38. The lowest BCUT2D eigenvalue weighted by atomic mass is 10.2. The Morgan fingerprint density at radius 1 is 1.42 bits per heavy atom. The van der Waals surface area contributed by atoms with Crippen molar-refractivity contribution in [3.8, 4) is 0 Å². The van der Waals surface area contributed by atoms with E-state index in [4.69, 9.17) is 5.11 Å². The molecular formula is C12H20N4O3. The van der Waals surface area contributed by atoms with Crippen molar-refractivity contribution in [1.82, 2.24) is 20.3 Å². The van der Waals surface area contributed by atoms with Gasteiger partial charge in [0.05, 0.1) is 5.69 Å². The number of hydrogen-bond acceptors (Lipinski definition) is 4. The summed E-state index contributed by atoms with van der Waals surface area (Å²) in [4.78, 5) is 22.7. The molecule has 0 spiro atoms. The number of aromatic carboxylic acids is 1. The molecule has 1 aromatic heterocycles. The molecule has 7 nitrogen and oxygen atoms in total. The van der Waals surface area contributed by atoms with Gasteiger partial charge in [-0.1, -0.05) is 32.4 Å². The van der Waals surface area contributed by atoms with Gasteiger partial charge in [0.15, 0.2) is 5.69 Å². The maximum absolute atomic E-state index is 11.7. The van der Waals surface area contributed by atoms with E-state index in [0.717, 1.165) is 6.42 Å². The Morgan fingerprint density at radius 2 is 2.11 bits per heavy atom. The molecule has 19 heavy (non-hydrogen) atoms. The Morgan fingerprint density at radius 3 is 2.63 bits per heavy atom. The van der Waals surface area contributed by atoms with E-state index in [1.807, 2.05) is 20.8 Å². The molecule has 106 valence electrons. The second-order valence-electron chi connectivity index (χ2n) is 4.80. The zero-order valence-electron chi connectivity index (χ0n) is 11.5. The molecule has 0 aliphatic heterocycles. The number of nitrogens with one attached hydrogen (secondary N) is 1. The number of amides is 1. The van der Waals surface area contributed by atoms with Crippen LogP contribution in [-0.4, -0.2) is 38.5 Å². The van der Waals surface area contributed by atoms with Crippen LogP contribution in [0.25, 0.3) is 0 Å². The van der Waals surface area contributed by atoms with Crippen LogP contribution in [-0.2, 0) is 17.8 Å². The standard InChI is InChI=1S/C12H20N4O3/c1-4-5-9-11(12(18)19)14-15-16(9)7-10(17)13-6-8(2)3/h8H,4-7H2,1-3H3,(H,13,17)(H,18,19). The summed E-state index contributed by atoms with van der Waals surface area (Å²) in [5, 5.41) is 19.1. The van der Waals surface area contributed by atoms with E-state index in [-0.39, 0.29) is 18.1 Å². The first-order valence-electron chi connectivity index (χ1n) is 6.38. The average molecular weight is 268 g/mol. The highest BCUT2D eigenvalue weighted by Crippen LogP contribution is 2.08. The smallest absolute Gasteiger partial charge is 0.358 e. The summed E-state index contributed by atoms with van der Waals surface area (Å²) >= 11 is 0. The van der Waals surface area contributed by atoms with E-state index >= 15 is 0 Å². The number of hydrogen-bond donors (Lipinski definition) is 2. The molecule has 0 aliphatic carbocycles. The van der Waals surface area contributed by atoms with Crippen LogP contribution in [0.15, 0.2) is 0 Å². The maximum Gasteiger partial charge on any atom is 0.358 e. The van der Waals surface area contributed by atoms with Crippen LogP contribution in [0, 0.1) is 5.92 Å². The summed E-state index contributed by atoms with van der Waals surface area (Å²) < 4.78 is 1.36. The average Bonchev–Trinajstić information content (AvgIpc) is 2.70. The molecule has 7 heteroatoms. The summed E-state index contributed by atoms with van der Waals surface area (Å²) in [5.74, 6) is -0.936. The van der Waals surface area contributed by atoms with Crippen molar-refractivity contribution in [2.45, 2.75) is 40.2 Å². The number of carbonyl (C=O) groups excluding carboxylic acids is 1. The third-order valence-corrected chi connectivity index (χ3v) is 2.53. The van der Waals surface area contributed by atoms with Crippen LogP contribution in [0.5, 0.6) is 0 Å². The van der Waals surface area contributed by atoms with Crippen molar-refractivity contribution in [3.05, 3.63) is 11.4 Å². The lowest BCUT2D eigenvalue weighted by Gasteiger charge is -2.09. The van der Waals surface area contributed by atoms with Gasteiger partial charge < -0.3 is 10.4 Å². The van der Waals surface area contributed by atoms with Crippen molar-refractivity contribution in [3.63, 3.8) is 0 Å². The summed E-state index contributed by atoms with van der Waals surface area (Å²) in [6.45, 7) is 6.52. The Labute approximate surface area is 112 Å². The Balaban J connectivity index is 2.77. The Bertz CT molecular complexity index is 454. The number of carbonyl (C=O) groups is 2. The van der Waals surface area contributed by atoms with Crippen molar-refractivity contribution in [2.75, 3.05) is 6.54 Å². The number of carboxylic acid groups (broad SMARTS) is 1. The predicted molar refractivity (Wildman–Crippen MR) is 68.8 cm³/mol. The summed E-state index contributed by atoms with van der Waals surface area (Å²) in [6.07, 6.45) is 1.30. The van der Waals surface area contributed by atoms with Gasteiger partial charge in [-0.3, -0.25) is 4.79 Å². The largest absolute Gasteiger partial charge is 0.476 e.